The highest BCUT2D eigenvalue weighted by Gasteiger charge is 2.01. The zero-order chi connectivity index (χ0) is 10.4. The van der Waals surface area contributed by atoms with Gasteiger partial charge in [0.2, 0.25) is 0 Å². The van der Waals surface area contributed by atoms with E-state index in [0.717, 1.165) is 18.1 Å². The predicted molar refractivity (Wildman–Crippen MR) is 75.8 cm³/mol. The highest BCUT2D eigenvalue weighted by atomic mass is 127. The van der Waals surface area contributed by atoms with Crippen LogP contribution >= 0.6 is 35.3 Å². The third-order valence-corrected chi connectivity index (χ3v) is 2.71. The van der Waals surface area contributed by atoms with Crippen LogP contribution in [0.3, 0.4) is 0 Å². The Labute approximate surface area is 112 Å². The van der Waals surface area contributed by atoms with E-state index < -0.39 is 0 Å². The van der Waals surface area contributed by atoms with Gasteiger partial charge in [0.05, 0.1) is 6.54 Å². The molecule has 0 saturated carbocycles. The topological polar surface area (TPSA) is 54.5 Å². The van der Waals surface area contributed by atoms with Crippen molar-refractivity contribution in [2.24, 2.45) is 10.7 Å². The minimum absolute atomic E-state index is 0. The van der Waals surface area contributed by atoms with Crippen LogP contribution < -0.4 is 5.73 Å². The van der Waals surface area contributed by atoms with Crippen molar-refractivity contribution in [1.82, 2.24) is 9.88 Å². The minimum Gasteiger partial charge on any atom is -0.370 e. The maximum atomic E-state index is 5.81. The van der Waals surface area contributed by atoms with Crippen molar-refractivity contribution in [3.63, 3.8) is 0 Å². The monoisotopic (exact) mass is 340 g/mol. The minimum atomic E-state index is 0. The summed E-state index contributed by atoms with van der Waals surface area (Å²) in [6, 6.07) is 0. The van der Waals surface area contributed by atoms with Crippen LogP contribution in [-0.2, 0) is 6.54 Å². The molecule has 86 valence electrons. The summed E-state index contributed by atoms with van der Waals surface area (Å²) in [7, 11) is 0. The van der Waals surface area contributed by atoms with Gasteiger partial charge in [-0.05, 0) is 13.8 Å². The van der Waals surface area contributed by atoms with E-state index in [2.05, 4.69) is 23.8 Å². The van der Waals surface area contributed by atoms with E-state index in [0.29, 0.717) is 12.5 Å². The Kier molecular flexibility index (Phi) is 7.67. The second-order valence-electron chi connectivity index (χ2n) is 2.77. The van der Waals surface area contributed by atoms with Gasteiger partial charge in [-0.3, -0.25) is 0 Å². The number of aromatic nitrogens is 1. The van der Waals surface area contributed by atoms with E-state index in [1.165, 1.54) is 0 Å². The molecule has 0 saturated heterocycles. The fourth-order valence-electron chi connectivity index (χ4n) is 1.13. The second-order valence-corrected chi connectivity index (χ2v) is 3.75. The third-order valence-electron chi connectivity index (χ3n) is 1.95. The van der Waals surface area contributed by atoms with Crippen LogP contribution in [-0.4, -0.2) is 28.9 Å². The summed E-state index contributed by atoms with van der Waals surface area (Å²) in [5.41, 5.74) is 5.81. The van der Waals surface area contributed by atoms with Crippen LogP contribution in [0.4, 0.5) is 0 Å². The van der Waals surface area contributed by atoms with Gasteiger partial charge in [0, 0.05) is 24.7 Å². The van der Waals surface area contributed by atoms with Gasteiger partial charge in [0.1, 0.15) is 5.01 Å². The summed E-state index contributed by atoms with van der Waals surface area (Å²) < 4.78 is 0. The lowest BCUT2D eigenvalue weighted by Crippen LogP contribution is -2.37. The van der Waals surface area contributed by atoms with Crippen LogP contribution in [0.25, 0.3) is 0 Å². The van der Waals surface area contributed by atoms with Gasteiger partial charge < -0.3 is 10.6 Å². The molecular weight excluding hydrogens is 323 g/mol. The molecule has 0 unspecified atom stereocenters. The Morgan fingerprint density at radius 2 is 2.20 bits per heavy atom. The fraction of sp³-hybridized carbons (Fsp3) is 0.556. The normalized spacial score (nSPS) is 10.9. The number of rotatable bonds is 4. The zero-order valence-corrected chi connectivity index (χ0v) is 12.2. The number of nitrogens with zero attached hydrogens (tertiary/aromatic N) is 3. The van der Waals surface area contributed by atoms with E-state index in [-0.39, 0.29) is 24.0 Å². The average Bonchev–Trinajstić information content (AvgIpc) is 2.69. The Balaban J connectivity index is 0.00000196. The van der Waals surface area contributed by atoms with Crippen LogP contribution in [0, 0.1) is 0 Å². The first kappa shape index (κ1) is 14.6. The number of hydrogen-bond donors (Lipinski definition) is 1. The van der Waals surface area contributed by atoms with E-state index in [4.69, 9.17) is 5.73 Å². The molecule has 0 aliphatic carbocycles. The molecule has 0 aliphatic rings. The van der Waals surface area contributed by atoms with E-state index >= 15 is 0 Å². The lowest BCUT2D eigenvalue weighted by molar-refractivity contribution is 0.458. The third kappa shape index (κ3) is 4.78. The van der Waals surface area contributed by atoms with Gasteiger partial charge in [0.15, 0.2) is 5.96 Å². The van der Waals surface area contributed by atoms with E-state index in [1.807, 2.05) is 10.3 Å². The molecule has 1 rings (SSSR count). The SMILES string of the molecule is CCN(CC)C(N)=NCc1nccs1.I. The average molecular weight is 340 g/mol. The Hall–Kier alpha value is -0.370. The molecule has 1 heterocycles. The fourth-order valence-corrected chi connectivity index (χ4v) is 1.67. The van der Waals surface area contributed by atoms with Crippen molar-refractivity contribution in [1.29, 1.82) is 0 Å². The van der Waals surface area contributed by atoms with Gasteiger partial charge in [-0.1, -0.05) is 0 Å². The molecule has 0 fully saturated rings. The summed E-state index contributed by atoms with van der Waals surface area (Å²) in [4.78, 5) is 10.4. The summed E-state index contributed by atoms with van der Waals surface area (Å²) >= 11 is 1.60. The van der Waals surface area contributed by atoms with Crippen molar-refractivity contribution in [2.45, 2.75) is 20.4 Å². The highest BCUT2D eigenvalue weighted by molar-refractivity contribution is 14.0. The van der Waals surface area contributed by atoms with E-state index in [1.54, 1.807) is 17.5 Å². The maximum absolute atomic E-state index is 5.81. The first-order valence-electron chi connectivity index (χ1n) is 4.71. The molecule has 1 aromatic heterocycles. The van der Waals surface area contributed by atoms with Gasteiger partial charge in [-0.2, -0.15) is 0 Å². The molecule has 15 heavy (non-hydrogen) atoms. The van der Waals surface area contributed by atoms with Crippen molar-refractivity contribution < 1.29 is 0 Å². The molecule has 0 radical (unpaired) electrons. The lowest BCUT2D eigenvalue weighted by Gasteiger charge is -2.18. The number of hydrogen-bond acceptors (Lipinski definition) is 3. The standard InChI is InChI=1S/C9H16N4S.HI/c1-3-13(4-2)9(10)12-7-8-11-5-6-14-8;/h5-6H,3-4,7H2,1-2H3,(H2,10,12);1H. The molecule has 6 heteroatoms. The second kappa shape index (κ2) is 7.86. The Bertz CT molecular complexity index is 282. The summed E-state index contributed by atoms with van der Waals surface area (Å²) in [6.45, 7) is 6.50. The predicted octanol–water partition coefficient (Wildman–Crippen LogP) is 1.92. The summed E-state index contributed by atoms with van der Waals surface area (Å²) in [5.74, 6) is 0.602. The first-order chi connectivity index (χ1) is 6.77. The quantitative estimate of drug-likeness (QED) is 0.518. The van der Waals surface area contributed by atoms with Crippen LogP contribution in [0.15, 0.2) is 16.6 Å². The molecule has 0 amide bonds. The van der Waals surface area contributed by atoms with Crippen LogP contribution in [0.2, 0.25) is 0 Å². The molecule has 0 bridgehead atoms. The number of nitrogens with two attached hydrogens (primary N) is 1. The Morgan fingerprint density at radius 1 is 1.53 bits per heavy atom. The highest BCUT2D eigenvalue weighted by Crippen LogP contribution is 2.05. The molecule has 0 atom stereocenters. The first-order valence-corrected chi connectivity index (χ1v) is 5.59. The molecule has 4 nitrogen and oxygen atoms in total. The van der Waals surface area contributed by atoms with E-state index in [9.17, 15) is 0 Å². The number of guanidine groups is 1. The van der Waals surface area contributed by atoms with Crippen LogP contribution in [0.1, 0.15) is 18.9 Å². The Morgan fingerprint density at radius 3 is 2.67 bits per heavy atom. The van der Waals surface area contributed by atoms with Crippen molar-refractivity contribution in [3.8, 4) is 0 Å². The zero-order valence-electron chi connectivity index (χ0n) is 9.01. The molecule has 2 N–H and O–H groups in total. The molecule has 0 aliphatic heterocycles. The largest absolute Gasteiger partial charge is 0.370 e. The summed E-state index contributed by atoms with van der Waals surface area (Å²) in [6.07, 6.45) is 1.78. The van der Waals surface area contributed by atoms with Crippen molar-refractivity contribution in [2.75, 3.05) is 13.1 Å². The molecule has 0 spiro atoms. The number of thiazole rings is 1. The van der Waals surface area contributed by atoms with Gasteiger partial charge >= 0.3 is 0 Å². The molecular formula is C9H17IN4S. The molecule has 0 aromatic carbocycles. The number of halogens is 1. The van der Waals surface area contributed by atoms with Crippen molar-refractivity contribution in [3.05, 3.63) is 16.6 Å². The summed E-state index contributed by atoms with van der Waals surface area (Å²) in [5, 5.41) is 2.94. The smallest absolute Gasteiger partial charge is 0.191 e. The van der Waals surface area contributed by atoms with Gasteiger partial charge in [-0.15, -0.1) is 35.3 Å². The van der Waals surface area contributed by atoms with Crippen LogP contribution in [0.5, 0.6) is 0 Å². The van der Waals surface area contributed by atoms with Gasteiger partial charge in [-0.25, -0.2) is 9.98 Å². The molecule has 1 aromatic rings. The van der Waals surface area contributed by atoms with Crippen molar-refractivity contribution >= 4 is 41.3 Å². The lowest BCUT2D eigenvalue weighted by atomic mass is 10.5. The maximum Gasteiger partial charge on any atom is 0.191 e. The van der Waals surface area contributed by atoms with Gasteiger partial charge in [0.25, 0.3) is 0 Å². The number of aliphatic imine (C=N–C) groups is 1.